The lowest BCUT2D eigenvalue weighted by molar-refractivity contribution is -0.153. The van der Waals surface area contributed by atoms with Crippen molar-refractivity contribution in [1.29, 1.82) is 0 Å². The summed E-state index contributed by atoms with van der Waals surface area (Å²) in [6, 6.07) is 32.2. The first kappa shape index (κ1) is 30.1. The van der Waals surface area contributed by atoms with E-state index >= 15 is 0 Å². The predicted octanol–water partition coefficient (Wildman–Crippen LogP) is 4.24. The van der Waals surface area contributed by atoms with E-state index in [0.29, 0.717) is 0 Å². The van der Waals surface area contributed by atoms with Crippen molar-refractivity contribution in [1.82, 2.24) is 0 Å². The van der Waals surface area contributed by atoms with Gasteiger partial charge in [0.15, 0.2) is 24.6 Å². The van der Waals surface area contributed by atoms with Crippen LogP contribution in [0.5, 0.6) is 0 Å². The standard InChI is InChI=1S/C34H28O10/c35-30(22-13-5-1-6-14-22)40-21-26(41-31(36)23-15-7-2-8-16-23)27-28(43-32(37)24-17-9-3-10-18-24)29(34(39)42-27)44-33(38)25-19-11-4-12-20-25/h1-20,26-29,34,39H,21H2/t26-,27+,28-,29+,34+/m0/s1. The third kappa shape index (κ3) is 7.35. The highest BCUT2D eigenvalue weighted by atomic mass is 16.7. The fourth-order valence-electron chi connectivity index (χ4n) is 4.55. The molecule has 1 aliphatic heterocycles. The Labute approximate surface area is 252 Å². The first-order valence-corrected chi connectivity index (χ1v) is 13.7. The quantitative estimate of drug-likeness (QED) is 0.209. The fourth-order valence-corrected chi connectivity index (χ4v) is 4.55. The van der Waals surface area contributed by atoms with Crippen LogP contribution in [0.4, 0.5) is 0 Å². The Bertz CT molecular complexity index is 1560. The molecule has 0 spiro atoms. The molecule has 0 bridgehead atoms. The Morgan fingerprint density at radius 1 is 0.568 bits per heavy atom. The number of hydrogen-bond donors (Lipinski definition) is 1. The molecule has 0 saturated carbocycles. The monoisotopic (exact) mass is 596 g/mol. The number of aliphatic hydroxyl groups excluding tert-OH is 1. The van der Waals surface area contributed by atoms with E-state index in [-0.39, 0.29) is 22.3 Å². The molecular weight excluding hydrogens is 568 g/mol. The number of hydrogen-bond acceptors (Lipinski definition) is 10. The van der Waals surface area contributed by atoms with Crippen LogP contribution in [-0.4, -0.2) is 66.3 Å². The van der Waals surface area contributed by atoms with Gasteiger partial charge in [-0.1, -0.05) is 72.8 Å². The second kappa shape index (κ2) is 14.2. The summed E-state index contributed by atoms with van der Waals surface area (Å²) >= 11 is 0. The van der Waals surface area contributed by atoms with Crippen LogP contribution >= 0.6 is 0 Å². The Kier molecular flexibility index (Phi) is 9.75. The third-order valence-corrected chi connectivity index (χ3v) is 6.75. The van der Waals surface area contributed by atoms with E-state index in [2.05, 4.69) is 0 Å². The molecule has 0 unspecified atom stereocenters. The van der Waals surface area contributed by atoms with Gasteiger partial charge in [0.1, 0.15) is 12.7 Å². The van der Waals surface area contributed by atoms with Crippen LogP contribution < -0.4 is 0 Å². The maximum Gasteiger partial charge on any atom is 0.338 e. The fraction of sp³-hybridized carbons (Fsp3) is 0.176. The highest BCUT2D eigenvalue weighted by molar-refractivity contribution is 5.91. The van der Waals surface area contributed by atoms with Gasteiger partial charge >= 0.3 is 23.9 Å². The van der Waals surface area contributed by atoms with Crippen LogP contribution in [0.25, 0.3) is 0 Å². The molecule has 1 aliphatic rings. The third-order valence-electron chi connectivity index (χ3n) is 6.75. The lowest BCUT2D eigenvalue weighted by Gasteiger charge is -2.28. The van der Waals surface area contributed by atoms with Crippen molar-refractivity contribution in [2.75, 3.05) is 6.61 Å². The maximum absolute atomic E-state index is 13.2. The van der Waals surface area contributed by atoms with E-state index in [0.717, 1.165) is 0 Å². The molecule has 0 amide bonds. The Morgan fingerprint density at radius 2 is 0.955 bits per heavy atom. The lowest BCUT2D eigenvalue weighted by Crippen LogP contribution is -2.47. The number of carbonyl (C=O) groups excluding carboxylic acids is 4. The summed E-state index contributed by atoms with van der Waals surface area (Å²) in [5.41, 5.74) is 0.791. The summed E-state index contributed by atoms with van der Waals surface area (Å²) < 4.78 is 28.3. The first-order chi connectivity index (χ1) is 21.4. The molecule has 1 fully saturated rings. The van der Waals surface area contributed by atoms with Crippen molar-refractivity contribution in [3.8, 4) is 0 Å². The van der Waals surface area contributed by atoms with Crippen LogP contribution in [-0.2, 0) is 23.7 Å². The van der Waals surface area contributed by atoms with Gasteiger partial charge < -0.3 is 28.8 Å². The molecule has 0 radical (unpaired) electrons. The topological polar surface area (TPSA) is 135 Å². The number of esters is 4. The Morgan fingerprint density at radius 3 is 1.41 bits per heavy atom. The molecular formula is C34H28O10. The molecule has 10 heteroatoms. The predicted molar refractivity (Wildman–Crippen MR) is 155 cm³/mol. The molecule has 0 aromatic heterocycles. The number of ether oxygens (including phenoxy) is 5. The number of rotatable bonds is 10. The zero-order valence-electron chi connectivity index (χ0n) is 23.3. The van der Waals surface area contributed by atoms with Crippen molar-refractivity contribution in [3.63, 3.8) is 0 Å². The molecule has 10 nitrogen and oxygen atoms in total. The minimum absolute atomic E-state index is 0.175. The Hall–Kier alpha value is -5.32. The van der Waals surface area contributed by atoms with Gasteiger partial charge in [0.05, 0.1) is 22.3 Å². The molecule has 4 aromatic rings. The van der Waals surface area contributed by atoms with Gasteiger partial charge in [-0.25, -0.2) is 19.2 Å². The van der Waals surface area contributed by atoms with E-state index < -0.39 is 61.2 Å². The van der Waals surface area contributed by atoms with Gasteiger partial charge in [-0.15, -0.1) is 0 Å². The highest BCUT2D eigenvalue weighted by Crippen LogP contribution is 2.31. The molecule has 1 heterocycles. The molecule has 4 aromatic carbocycles. The molecule has 5 rings (SSSR count). The first-order valence-electron chi connectivity index (χ1n) is 13.7. The number of aliphatic hydroxyl groups is 1. The van der Waals surface area contributed by atoms with Gasteiger partial charge in [0.25, 0.3) is 0 Å². The van der Waals surface area contributed by atoms with E-state index in [1.54, 1.807) is 84.9 Å². The SMILES string of the molecule is O=C(OC[C@H](OC(=O)c1ccccc1)[C@H]1O[C@@H](O)[C@H](OC(=O)c2ccccc2)[C@H]1OC(=O)c1ccccc1)c1ccccc1. The second-order valence-corrected chi connectivity index (χ2v) is 9.74. The maximum atomic E-state index is 13.2. The van der Waals surface area contributed by atoms with Gasteiger partial charge in [-0.05, 0) is 48.5 Å². The van der Waals surface area contributed by atoms with Crippen molar-refractivity contribution < 1.29 is 48.0 Å². The molecule has 1 N–H and O–H groups in total. The van der Waals surface area contributed by atoms with Crippen LogP contribution in [0.1, 0.15) is 41.4 Å². The lowest BCUT2D eigenvalue weighted by atomic mass is 10.0. The molecule has 1 saturated heterocycles. The largest absolute Gasteiger partial charge is 0.458 e. The number of carbonyl (C=O) groups is 4. The minimum Gasteiger partial charge on any atom is -0.458 e. The van der Waals surface area contributed by atoms with Gasteiger partial charge in [0.2, 0.25) is 0 Å². The van der Waals surface area contributed by atoms with Crippen LogP contribution in [0, 0.1) is 0 Å². The smallest absolute Gasteiger partial charge is 0.338 e. The Balaban J connectivity index is 1.45. The minimum atomic E-state index is -1.79. The molecule has 44 heavy (non-hydrogen) atoms. The number of benzene rings is 4. The average Bonchev–Trinajstić information content (AvgIpc) is 3.37. The average molecular weight is 597 g/mol. The van der Waals surface area contributed by atoms with Gasteiger partial charge in [-0.2, -0.15) is 0 Å². The van der Waals surface area contributed by atoms with E-state index in [9.17, 15) is 24.3 Å². The van der Waals surface area contributed by atoms with Crippen molar-refractivity contribution in [3.05, 3.63) is 144 Å². The normalized spacial score (nSPS) is 19.8. The van der Waals surface area contributed by atoms with Crippen LogP contribution in [0.3, 0.4) is 0 Å². The van der Waals surface area contributed by atoms with E-state index in [1.165, 1.54) is 36.4 Å². The summed E-state index contributed by atoms with van der Waals surface area (Å²) in [6.45, 7) is -0.539. The molecule has 5 atom stereocenters. The van der Waals surface area contributed by atoms with Crippen LogP contribution in [0.2, 0.25) is 0 Å². The summed E-state index contributed by atoms with van der Waals surface area (Å²) in [7, 11) is 0. The molecule has 0 aliphatic carbocycles. The van der Waals surface area contributed by atoms with Gasteiger partial charge in [0, 0.05) is 0 Å². The summed E-state index contributed by atoms with van der Waals surface area (Å²) in [6.07, 6.45) is -7.61. The van der Waals surface area contributed by atoms with Crippen molar-refractivity contribution in [2.45, 2.75) is 30.7 Å². The van der Waals surface area contributed by atoms with Crippen LogP contribution in [0.15, 0.2) is 121 Å². The van der Waals surface area contributed by atoms with Gasteiger partial charge in [-0.3, -0.25) is 0 Å². The summed E-state index contributed by atoms with van der Waals surface area (Å²) in [5.74, 6) is -3.13. The second-order valence-electron chi connectivity index (χ2n) is 9.74. The molecule has 224 valence electrons. The highest BCUT2D eigenvalue weighted by Gasteiger charge is 2.53. The van der Waals surface area contributed by atoms with Crippen molar-refractivity contribution in [2.24, 2.45) is 0 Å². The summed E-state index contributed by atoms with van der Waals surface area (Å²) in [5, 5.41) is 10.9. The zero-order chi connectivity index (χ0) is 30.9. The van der Waals surface area contributed by atoms with E-state index in [1.807, 2.05) is 0 Å². The zero-order valence-corrected chi connectivity index (χ0v) is 23.3. The van der Waals surface area contributed by atoms with Crippen molar-refractivity contribution >= 4 is 23.9 Å². The summed E-state index contributed by atoms with van der Waals surface area (Å²) in [4.78, 5) is 52.1. The van der Waals surface area contributed by atoms with E-state index in [4.69, 9.17) is 23.7 Å².